The molecule has 0 saturated heterocycles. The first kappa shape index (κ1) is 16.3. The molecule has 0 heterocycles. The van der Waals surface area contributed by atoms with E-state index in [4.69, 9.17) is 4.74 Å². The molecule has 1 aromatic rings. The van der Waals surface area contributed by atoms with Crippen LogP contribution in [0.1, 0.15) is 65.0 Å². The van der Waals surface area contributed by atoms with Crippen molar-refractivity contribution in [1.29, 1.82) is 0 Å². The summed E-state index contributed by atoms with van der Waals surface area (Å²) in [6.45, 7) is 9.55. The number of hydrogen-bond acceptors (Lipinski definition) is 2. The molecule has 0 bridgehead atoms. The van der Waals surface area contributed by atoms with Gasteiger partial charge in [0.2, 0.25) is 0 Å². The lowest BCUT2D eigenvalue weighted by molar-refractivity contribution is 0.0939. The summed E-state index contributed by atoms with van der Waals surface area (Å²) in [5.74, 6) is 0.192. The molecular weight excluding hydrogens is 265 g/mol. The number of ether oxygens (including phenoxy) is 1. The van der Waals surface area contributed by atoms with Crippen LogP contribution in [0.25, 0.3) is 0 Å². The van der Waals surface area contributed by atoms with Crippen molar-refractivity contribution in [2.75, 3.05) is 6.54 Å². The van der Waals surface area contributed by atoms with Gasteiger partial charge in [0.25, 0.3) is 0 Å². The standard InChI is InChI=1S/C18H28FNO/c1-5-20-13(2)15-7-6-8-16(19)17(15)21-14-9-11-18(3,4)12-10-14/h6-8,13-14,20H,5,9-12H2,1-4H3. The maximum Gasteiger partial charge on any atom is 0.165 e. The summed E-state index contributed by atoms with van der Waals surface area (Å²) in [5.41, 5.74) is 1.32. The zero-order valence-corrected chi connectivity index (χ0v) is 13.7. The molecular formula is C18H28FNO. The third kappa shape index (κ3) is 4.19. The lowest BCUT2D eigenvalue weighted by Gasteiger charge is -2.35. The van der Waals surface area contributed by atoms with Crippen LogP contribution >= 0.6 is 0 Å². The summed E-state index contributed by atoms with van der Waals surface area (Å²) in [6.07, 6.45) is 4.45. The van der Waals surface area contributed by atoms with Crippen LogP contribution in [0, 0.1) is 11.2 Å². The third-order valence-corrected chi connectivity index (χ3v) is 4.54. The molecule has 0 spiro atoms. The van der Waals surface area contributed by atoms with Crippen molar-refractivity contribution in [3.8, 4) is 5.75 Å². The van der Waals surface area contributed by atoms with Crippen LogP contribution in [0.5, 0.6) is 5.75 Å². The van der Waals surface area contributed by atoms with Crippen molar-refractivity contribution >= 4 is 0 Å². The molecule has 0 aliphatic heterocycles. The summed E-state index contributed by atoms with van der Waals surface area (Å²) >= 11 is 0. The van der Waals surface area contributed by atoms with E-state index in [0.29, 0.717) is 11.2 Å². The van der Waals surface area contributed by atoms with Gasteiger partial charge in [-0.05, 0) is 50.6 Å². The fourth-order valence-corrected chi connectivity index (χ4v) is 3.06. The van der Waals surface area contributed by atoms with Gasteiger partial charge in [0.05, 0.1) is 6.10 Å². The normalized spacial score (nSPS) is 20.2. The number of para-hydroxylation sites is 1. The predicted octanol–water partition coefficient (Wildman–Crippen LogP) is 4.84. The van der Waals surface area contributed by atoms with Gasteiger partial charge in [-0.1, -0.05) is 32.9 Å². The minimum Gasteiger partial charge on any atom is -0.487 e. The molecule has 3 heteroatoms. The molecule has 0 amide bonds. The van der Waals surface area contributed by atoms with Gasteiger partial charge >= 0.3 is 0 Å². The maximum atomic E-state index is 14.2. The Morgan fingerprint density at radius 3 is 2.62 bits per heavy atom. The molecule has 1 N–H and O–H groups in total. The minimum atomic E-state index is -0.248. The largest absolute Gasteiger partial charge is 0.487 e. The minimum absolute atomic E-state index is 0.0979. The van der Waals surface area contributed by atoms with E-state index in [-0.39, 0.29) is 18.0 Å². The van der Waals surface area contributed by atoms with E-state index in [0.717, 1.165) is 37.8 Å². The molecule has 0 radical (unpaired) electrons. The Hall–Kier alpha value is -1.09. The lowest BCUT2D eigenvalue weighted by Crippen LogP contribution is -2.29. The zero-order chi connectivity index (χ0) is 15.5. The average Bonchev–Trinajstić information content (AvgIpc) is 2.43. The number of benzene rings is 1. The highest BCUT2D eigenvalue weighted by molar-refractivity contribution is 5.37. The molecule has 1 aliphatic carbocycles. The number of halogens is 1. The monoisotopic (exact) mass is 293 g/mol. The Morgan fingerprint density at radius 2 is 2.00 bits per heavy atom. The van der Waals surface area contributed by atoms with Gasteiger partial charge in [0, 0.05) is 11.6 Å². The Kier molecular flexibility index (Phi) is 5.26. The molecule has 1 unspecified atom stereocenters. The van der Waals surface area contributed by atoms with Crippen LogP contribution < -0.4 is 10.1 Å². The van der Waals surface area contributed by atoms with Crippen molar-refractivity contribution in [2.45, 2.75) is 65.5 Å². The van der Waals surface area contributed by atoms with E-state index in [9.17, 15) is 4.39 Å². The van der Waals surface area contributed by atoms with Crippen molar-refractivity contribution in [2.24, 2.45) is 5.41 Å². The molecule has 1 saturated carbocycles. The van der Waals surface area contributed by atoms with Gasteiger partial charge in [-0.15, -0.1) is 0 Å². The molecule has 118 valence electrons. The van der Waals surface area contributed by atoms with Crippen LogP contribution in [0.15, 0.2) is 18.2 Å². The summed E-state index contributed by atoms with van der Waals surface area (Å²) in [6, 6.07) is 5.30. The van der Waals surface area contributed by atoms with Crippen LogP contribution in [0.4, 0.5) is 4.39 Å². The van der Waals surface area contributed by atoms with Gasteiger partial charge in [-0.25, -0.2) is 4.39 Å². The fraction of sp³-hybridized carbons (Fsp3) is 0.667. The van der Waals surface area contributed by atoms with Gasteiger partial charge in [-0.2, -0.15) is 0 Å². The SMILES string of the molecule is CCNC(C)c1cccc(F)c1OC1CCC(C)(C)CC1. The van der Waals surface area contributed by atoms with E-state index >= 15 is 0 Å². The van der Waals surface area contributed by atoms with Crippen LogP contribution in [0.2, 0.25) is 0 Å². The number of hydrogen-bond donors (Lipinski definition) is 1. The first-order chi connectivity index (χ1) is 9.93. The van der Waals surface area contributed by atoms with Crippen molar-refractivity contribution < 1.29 is 9.13 Å². The van der Waals surface area contributed by atoms with Crippen molar-refractivity contribution in [3.05, 3.63) is 29.6 Å². The lowest BCUT2D eigenvalue weighted by atomic mass is 9.76. The van der Waals surface area contributed by atoms with E-state index < -0.39 is 0 Å². The molecule has 2 nitrogen and oxygen atoms in total. The van der Waals surface area contributed by atoms with Crippen molar-refractivity contribution in [3.63, 3.8) is 0 Å². The summed E-state index contributed by atoms with van der Waals surface area (Å²) in [5, 5.41) is 3.33. The van der Waals surface area contributed by atoms with Crippen LogP contribution in [0.3, 0.4) is 0 Å². The first-order valence-electron chi connectivity index (χ1n) is 8.11. The summed E-state index contributed by atoms with van der Waals surface area (Å²) < 4.78 is 20.3. The van der Waals surface area contributed by atoms with Crippen LogP contribution in [-0.4, -0.2) is 12.6 Å². The summed E-state index contributed by atoms with van der Waals surface area (Å²) in [7, 11) is 0. The van der Waals surface area contributed by atoms with E-state index in [1.54, 1.807) is 6.07 Å². The Bertz CT molecular complexity index is 462. The first-order valence-corrected chi connectivity index (χ1v) is 8.11. The van der Waals surface area contributed by atoms with Crippen LogP contribution in [-0.2, 0) is 0 Å². The number of rotatable bonds is 5. The molecule has 1 aromatic carbocycles. The van der Waals surface area contributed by atoms with Gasteiger partial charge in [-0.3, -0.25) is 0 Å². The molecule has 0 aromatic heterocycles. The van der Waals surface area contributed by atoms with E-state index in [1.807, 2.05) is 6.07 Å². The Labute approximate surface area is 128 Å². The second-order valence-corrected chi connectivity index (χ2v) is 6.92. The molecule has 1 aliphatic rings. The zero-order valence-electron chi connectivity index (χ0n) is 13.7. The smallest absolute Gasteiger partial charge is 0.165 e. The number of nitrogens with one attached hydrogen (secondary N) is 1. The second kappa shape index (κ2) is 6.78. The van der Waals surface area contributed by atoms with Gasteiger partial charge < -0.3 is 10.1 Å². The third-order valence-electron chi connectivity index (χ3n) is 4.54. The summed E-state index contributed by atoms with van der Waals surface area (Å²) in [4.78, 5) is 0. The van der Waals surface area contributed by atoms with E-state index in [1.165, 1.54) is 6.07 Å². The van der Waals surface area contributed by atoms with Gasteiger partial charge in [0.1, 0.15) is 0 Å². The maximum absolute atomic E-state index is 14.2. The second-order valence-electron chi connectivity index (χ2n) is 6.92. The Morgan fingerprint density at radius 1 is 1.33 bits per heavy atom. The van der Waals surface area contributed by atoms with Gasteiger partial charge in [0.15, 0.2) is 11.6 Å². The highest BCUT2D eigenvalue weighted by atomic mass is 19.1. The highest BCUT2D eigenvalue weighted by Gasteiger charge is 2.29. The predicted molar refractivity (Wildman–Crippen MR) is 85.2 cm³/mol. The topological polar surface area (TPSA) is 21.3 Å². The fourth-order valence-electron chi connectivity index (χ4n) is 3.06. The molecule has 1 fully saturated rings. The van der Waals surface area contributed by atoms with E-state index in [2.05, 4.69) is 33.0 Å². The quantitative estimate of drug-likeness (QED) is 0.838. The highest BCUT2D eigenvalue weighted by Crippen LogP contribution is 2.38. The van der Waals surface area contributed by atoms with Crippen molar-refractivity contribution in [1.82, 2.24) is 5.32 Å². The average molecular weight is 293 g/mol. The molecule has 21 heavy (non-hydrogen) atoms. The molecule has 2 rings (SSSR count). The molecule has 1 atom stereocenters. The Balaban J connectivity index is 2.12.